The minimum Gasteiger partial charge on any atom is -0.439 e. The van der Waals surface area contributed by atoms with Crippen LogP contribution >= 0.6 is 12.4 Å². The molecule has 2 N–H and O–H groups in total. The minimum atomic E-state index is -4.41. The Kier molecular flexibility index (Phi) is 6.57. The van der Waals surface area contributed by atoms with E-state index < -0.39 is 11.7 Å². The maximum absolute atomic E-state index is 12.7. The first kappa shape index (κ1) is 22.3. The highest BCUT2D eigenvalue weighted by atomic mass is 35.5. The van der Waals surface area contributed by atoms with Crippen molar-refractivity contribution >= 4 is 12.4 Å². The fourth-order valence-electron chi connectivity index (χ4n) is 2.68. The topological polar surface area (TPSA) is 87.1 Å². The standard InChI is InChI=1S/C21H15F3N4O2.ClH/c22-21(23,24)16-5-7-17(8-6-16)29-18-11-15(9-10-26-18)19-27-20(30-28-19)14-3-1-13(12-25)2-4-14;/h1-11H,12,25H2;1H. The molecule has 6 nitrogen and oxygen atoms in total. The number of aromatic nitrogens is 3. The van der Waals surface area contributed by atoms with Crippen LogP contribution in [0.25, 0.3) is 22.8 Å². The van der Waals surface area contributed by atoms with Gasteiger partial charge in [-0.05, 0) is 48.0 Å². The highest BCUT2D eigenvalue weighted by Crippen LogP contribution is 2.31. The minimum absolute atomic E-state index is 0. The van der Waals surface area contributed by atoms with E-state index in [4.69, 9.17) is 15.0 Å². The molecule has 2 aromatic carbocycles. The van der Waals surface area contributed by atoms with Crippen LogP contribution in [-0.4, -0.2) is 15.1 Å². The molecule has 0 amide bonds. The Morgan fingerprint density at radius 3 is 2.29 bits per heavy atom. The van der Waals surface area contributed by atoms with E-state index >= 15 is 0 Å². The smallest absolute Gasteiger partial charge is 0.416 e. The van der Waals surface area contributed by atoms with Crippen LogP contribution in [0.5, 0.6) is 11.6 Å². The number of hydrogen-bond acceptors (Lipinski definition) is 6. The maximum atomic E-state index is 12.7. The Balaban J connectivity index is 0.00000272. The zero-order chi connectivity index (χ0) is 21.1. The first-order chi connectivity index (χ1) is 14.4. The second kappa shape index (κ2) is 9.15. The first-order valence-electron chi connectivity index (χ1n) is 8.87. The SMILES string of the molecule is Cl.NCc1ccc(-c2nc(-c3ccnc(Oc4ccc(C(F)(F)F)cc4)c3)no2)cc1. The highest BCUT2D eigenvalue weighted by Gasteiger charge is 2.30. The molecular formula is C21H16ClF3N4O2. The van der Waals surface area contributed by atoms with Crippen LogP contribution in [0, 0.1) is 0 Å². The Hall–Kier alpha value is -3.43. The fraction of sp³-hybridized carbons (Fsp3) is 0.0952. The lowest BCUT2D eigenvalue weighted by atomic mass is 10.1. The number of benzene rings is 2. The lowest BCUT2D eigenvalue weighted by molar-refractivity contribution is -0.137. The molecule has 0 fully saturated rings. The second-order valence-corrected chi connectivity index (χ2v) is 6.33. The van der Waals surface area contributed by atoms with Gasteiger partial charge in [-0.1, -0.05) is 17.3 Å². The molecule has 31 heavy (non-hydrogen) atoms. The van der Waals surface area contributed by atoms with E-state index in [1.54, 1.807) is 12.1 Å². The van der Waals surface area contributed by atoms with Crippen LogP contribution in [0.3, 0.4) is 0 Å². The summed E-state index contributed by atoms with van der Waals surface area (Å²) in [5.74, 6) is 1.08. The summed E-state index contributed by atoms with van der Waals surface area (Å²) in [5, 5.41) is 3.97. The molecule has 160 valence electrons. The molecule has 2 aromatic heterocycles. The summed E-state index contributed by atoms with van der Waals surface area (Å²) in [6.45, 7) is 0.439. The van der Waals surface area contributed by atoms with E-state index in [9.17, 15) is 13.2 Å². The molecular weight excluding hydrogens is 433 g/mol. The van der Waals surface area contributed by atoms with E-state index in [0.29, 0.717) is 23.8 Å². The summed E-state index contributed by atoms with van der Waals surface area (Å²) < 4.78 is 48.9. The fourth-order valence-corrected chi connectivity index (χ4v) is 2.68. The lowest BCUT2D eigenvalue weighted by Crippen LogP contribution is -2.04. The van der Waals surface area contributed by atoms with Gasteiger partial charge in [0.25, 0.3) is 5.89 Å². The number of ether oxygens (including phenoxy) is 1. The Bertz CT molecular complexity index is 1150. The van der Waals surface area contributed by atoms with Crippen LogP contribution in [0.2, 0.25) is 0 Å². The van der Waals surface area contributed by atoms with Crippen LogP contribution in [0.15, 0.2) is 71.4 Å². The third kappa shape index (κ3) is 5.19. The van der Waals surface area contributed by atoms with Crippen molar-refractivity contribution in [1.29, 1.82) is 0 Å². The molecule has 0 aliphatic rings. The van der Waals surface area contributed by atoms with Gasteiger partial charge in [0.15, 0.2) is 0 Å². The molecule has 0 saturated heterocycles. The molecule has 0 radical (unpaired) electrons. The largest absolute Gasteiger partial charge is 0.439 e. The van der Waals surface area contributed by atoms with Crippen molar-refractivity contribution in [3.8, 4) is 34.5 Å². The van der Waals surface area contributed by atoms with Crippen molar-refractivity contribution in [1.82, 2.24) is 15.1 Å². The molecule has 10 heteroatoms. The highest BCUT2D eigenvalue weighted by molar-refractivity contribution is 5.85. The summed E-state index contributed by atoms with van der Waals surface area (Å²) in [7, 11) is 0. The first-order valence-corrected chi connectivity index (χ1v) is 8.87. The number of nitrogens with two attached hydrogens (primary N) is 1. The molecule has 0 unspecified atom stereocenters. The summed E-state index contributed by atoms with van der Waals surface area (Å²) >= 11 is 0. The third-order valence-electron chi connectivity index (χ3n) is 4.26. The van der Waals surface area contributed by atoms with Crippen molar-refractivity contribution in [3.05, 3.63) is 78.0 Å². The van der Waals surface area contributed by atoms with Gasteiger partial charge in [-0.3, -0.25) is 0 Å². The van der Waals surface area contributed by atoms with Gasteiger partial charge in [-0.25, -0.2) is 4.98 Å². The van der Waals surface area contributed by atoms with E-state index in [0.717, 1.165) is 23.3 Å². The Morgan fingerprint density at radius 2 is 1.65 bits per heavy atom. The zero-order valence-electron chi connectivity index (χ0n) is 15.8. The number of alkyl halides is 3. The predicted molar refractivity (Wildman–Crippen MR) is 110 cm³/mol. The summed E-state index contributed by atoms with van der Waals surface area (Å²) in [5.41, 5.74) is 7.16. The van der Waals surface area contributed by atoms with Gasteiger partial charge in [0, 0.05) is 29.9 Å². The maximum Gasteiger partial charge on any atom is 0.416 e. The van der Waals surface area contributed by atoms with Gasteiger partial charge >= 0.3 is 6.18 Å². The monoisotopic (exact) mass is 448 g/mol. The molecule has 4 rings (SSSR count). The van der Waals surface area contributed by atoms with Gasteiger partial charge in [-0.2, -0.15) is 18.2 Å². The predicted octanol–water partition coefficient (Wildman–Crippen LogP) is 5.49. The number of pyridine rings is 1. The van der Waals surface area contributed by atoms with E-state index in [-0.39, 0.29) is 24.0 Å². The molecule has 0 atom stereocenters. The normalized spacial score (nSPS) is 11.1. The number of halogens is 4. The third-order valence-corrected chi connectivity index (χ3v) is 4.26. The Morgan fingerprint density at radius 1 is 0.935 bits per heavy atom. The molecule has 0 bridgehead atoms. The van der Waals surface area contributed by atoms with E-state index in [2.05, 4.69) is 15.1 Å². The van der Waals surface area contributed by atoms with E-state index in [1.165, 1.54) is 18.3 Å². The van der Waals surface area contributed by atoms with Crippen molar-refractivity contribution in [2.75, 3.05) is 0 Å². The van der Waals surface area contributed by atoms with Crippen molar-refractivity contribution in [2.45, 2.75) is 12.7 Å². The molecule has 4 aromatic rings. The number of nitrogens with zero attached hydrogens (tertiary/aromatic N) is 3. The van der Waals surface area contributed by atoms with Crippen LogP contribution in [-0.2, 0) is 12.7 Å². The average molecular weight is 449 g/mol. The van der Waals surface area contributed by atoms with Crippen LogP contribution < -0.4 is 10.5 Å². The van der Waals surface area contributed by atoms with Crippen molar-refractivity contribution in [3.63, 3.8) is 0 Å². The van der Waals surface area contributed by atoms with Crippen LogP contribution in [0.1, 0.15) is 11.1 Å². The molecule has 2 heterocycles. The van der Waals surface area contributed by atoms with Gasteiger partial charge in [0.1, 0.15) is 5.75 Å². The zero-order valence-corrected chi connectivity index (χ0v) is 16.7. The second-order valence-electron chi connectivity index (χ2n) is 6.33. The lowest BCUT2D eigenvalue weighted by Gasteiger charge is -2.08. The van der Waals surface area contributed by atoms with Crippen molar-refractivity contribution in [2.24, 2.45) is 5.73 Å². The number of hydrogen-bond donors (Lipinski definition) is 1. The summed E-state index contributed by atoms with van der Waals surface area (Å²) in [6.07, 6.45) is -2.92. The molecule has 0 aliphatic carbocycles. The van der Waals surface area contributed by atoms with Gasteiger partial charge in [0.2, 0.25) is 11.7 Å². The summed E-state index contributed by atoms with van der Waals surface area (Å²) in [6, 6.07) is 15.0. The van der Waals surface area contributed by atoms with Gasteiger partial charge < -0.3 is 15.0 Å². The summed E-state index contributed by atoms with van der Waals surface area (Å²) in [4.78, 5) is 8.45. The molecule has 0 saturated carbocycles. The quantitative estimate of drug-likeness (QED) is 0.434. The van der Waals surface area contributed by atoms with Gasteiger partial charge in [-0.15, -0.1) is 12.4 Å². The number of rotatable bonds is 5. The van der Waals surface area contributed by atoms with Crippen molar-refractivity contribution < 1.29 is 22.4 Å². The average Bonchev–Trinajstić information content (AvgIpc) is 3.24. The van der Waals surface area contributed by atoms with Gasteiger partial charge in [0.05, 0.1) is 5.56 Å². The molecule has 0 spiro atoms. The molecule has 0 aliphatic heterocycles. The van der Waals surface area contributed by atoms with Crippen LogP contribution in [0.4, 0.5) is 13.2 Å². The Labute approximate surface area is 181 Å². The van der Waals surface area contributed by atoms with E-state index in [1.807, 2.05) is 24.3 Å².